The van der Waals surface area contributed by atoms with Gasteiger partial charge < -0.3 is 5.32 Å². The van der Waals surface area contributed by atoms with E-state index in [9.17, 15) is 4.39 Å². The number of nitrogens with zero attached hydrogens (tertiary/aromatic N) is 4. The Labute approximate surface area is 136 Å². The average molecular weight is 317 g/mol. The van der Waals surface area contributed by atoms with Crippen LogP contribution in [0.5, 0.6) is 0 Å². The van der Waals surface area contributed by atoms with Crippen molar-refractivity contribution in [3.05, 3.63) is 47.8 Å². The summed E-state index contributed by atoms with van der Waals surface area (Å²) in [6.45, 7) is 6.27. The van der Waals surface area contributed by atoms with Gasteiger partial charge in [0, 0.05) is 31.2 Å². The Morgan fingerprint density at radius 2 is 2.22 bits per heavy atom. The first-order valence-electron chi connectivity index (χ1n) is 8.32. The Balaban J connectivity index is 1.53. The molecule has 1 saturated heterocycles. The summed E-state index contributed by atoms with van der Waals surface area (Å²) in [7, 11) is 0. The van der Waals surface area contributed by atoms with Gasteiger partial charge in [-0.05, 0) is 32.4 Å². The molecule has 0 spiro atoms. The zero-order valence-electron chi connectivity index (χ0n) is 13.6. The van der Waals surface area contributed by atoms with E-state index in [0.717, 1.165) is 50.4 Å². The summed E-state index contributed by atoms with van der Waals surface area (Å²) in [6, 6.07) is 7.46. The minimum absolute atomic E-state index is 0.112. The molecule has 2 aromatic rings. The van der Waals surface area contributed by atoms with Crippen LogP contribution in [0.3, 0.4) is 0 Å². The standard InChI is InChI=1S/C17H24FN5/c1-2-23-17(20-13-21-23)10-19-15-7-5-9-22(12-15)11-14-6-3-4-8-16(14)18/h3-4,6,8,13,15,19H,2,5,7,9-12H2,1H3. The topological polar surface area (TPSA) is 46.0 Å². The molecule has 2 heterocycles. The normalized spacial score (nSPS) is 19.1. The maximum atomic E-state index is 13.8. The van der Waals surface area contributed by atoms with Crippen LogP contribution in [-0.2, 0) is 19.6 Å². The Morgan fingerprint density at radius 3 is 3.04 bits per heavy atom. The Hall–Kier alpha value is -1.79. The van der Waals surface area contributed by atoms with E-state index in [-0.39, 0.29) is 5.82 Å². The second-order valence-corrected chi connectivity index (χ2v) is 6.04. The van der Waals surface area contributed by atoms with E-state index in [2.05, 4.69) is 27.2 Å². The molecule has 0 bridgehead atoms. The van der Waals surface area contributed by atoms with E-state index in [1.54, 1.807) is 12.4 Å². The summed E-state index contributed by atoms with van der Waals surface area (Å²) >= 11 is 0. The number of halogens is 1. The third kappa shape index (κ3) is 4.14. The van der Waals surface area contributed by atoms with Crippen molar-refractivity contribution in [2.24, 2.45) is 0 Å². The maximum Gasteiger partial charge on any atom is 0.140 e. The van der Waals surface area contributed by atoms with E-state index < -0.39 is 0 Å². The predicted octanol–water partition coefficient (Wildman–Crippen LogP) is 2.19. The maximum absolute atomic E-state index is 13.8. The van der Waals surface area contributed by atoms with Crippen molar-refractivity contribution in [3.8, 4) is 0 Å². The molecule has 1 fully saturated rings. The lowest BCUT2D eigenvalue weighted by Crippen LogP contribution is -2.45. The molecular weight excluding hydrogens is 293 g/mol. The lowest BCUT2D eigenvalue weighted by atomic mass is 10.0. The van der Waals surface area contributed by atoms with Gasteiger partial charge in [-0.2, -0.15) is 5.10 Å². The summed E-state index contributed by atoms with van der Waals surface area (Å²) in [5.41, 5.74) is 0.777. The summed E-state index contributed by atoms with van der Waals surface area (Å²) in [5, 5.41) is 7.76. The van der Waals surface area contributed by atoms with Gasteiger partial charge in [-0.15, -0.1) is 0 Å². The van der Waals surface area contributed by atoms with Crippen LogP contribution in [-0.4, -0.2) is 38.8 Å². The van der Waals surface area contributed by atoms with Crippen LogP contribution in [0.15, 0.2) is 30.6 Å². The molecule has 1 unspecified atom stereocenters. The highest BCUT2D eigenvalue weighted by molar-refractivity contribution is 5.17. The second kappa shape index (κ2) is 7.66. The number of benzene rings is 1. The van der Waals surface area contributed by atoms with Gasteiger partial charge in [0.25, 0.3) is 0 Å². The first kappa shape index (κ1) is 16.1. The van der Waals surface area contributed by atoms with Crippen molar-refractivity contribution in [1.29, 1.82) is 0 Å². The van der Waals surface area contributed by atoms with E-state index >= 15 is 0 Å². The molecule has 1 aliphatic rings. The van der Waals surface area contributed by atoms with Crippen molar-refractivity contribution >= 4 is 0 Å². The van der Waals surface area contributed by atoms with E-state index in [4.69, 9.17) is 0 Å². The van der Waals surface area contributed by atoms with Crippen LogP contribution in [0.4, 0.5) is 4.39 Å². The third-order valence-corrected chi connectivity index (χ3v) is 4.40. The largest absolute Gasteiger partial charge is 0.306 e. The number of hydrogen-bond donors (Lipinski definition) is 1. The van der Waals surface area contributed by atoms with Crippen molar-refractivity contribution in [2.45, 2.75) is 45.4 Å². The highest BCUT2D eigenvalue weighted by Crippen LogP contribution is 2.16. The molecular formula is C17H24FN5. The van der Waals surface area contributed by atoms with Crippen LogP contribution < -0.4 is 5.32 Å². The van der Waals surface area contributed by atoms with Crippen molar-refractivity contribution in [1.82, 2.24) is 25.0 Å². The minimum Gasteiger partial charge on any atom is -0.306 e. The van der Waals surface area contributed by atoms with E-state index in [1.165, 1.54) is 6.07 Å². The van der Waals surface area contributed by atoms with Crippen LogP contribution in [0.1, 0.15) is 31.2 Å². The Kier molecular flexibility index (Phi) is 5.35. The zero-order valence-corrected chi connectivity index (χ0v) is 13.6. The Bertz CT molecular complexity index is 627. The Morgan fingerprint density at radius 1 is 1.35 bits per heavy atom. The molecule has 1 N–H and O–H groups in total. The van der Waals surface area contributed by atoms with Crippen molar-refractivity contribution < 1.29 is 4.39 Å². The number of aryl methyl sites for hydroxylation is 1. The molecule has 23 heavy (non-hydrogen) atoms. The predicted molar refractivity (Wildman–Crippen MR) is 87.2 cm³/mol. The van der Waals surface area contributed by atoms with Crippen molar-refractivity contribution in [3.63, 3.8) is 0 Å². The molecule has 5 nitrogen and oxygen atoms in total. The van der Waals surface area contributed by atoms with E-state index in [1.807, 2.05) is 16.8 Å². The van der Waals surface area contributed by atoms with Gasteiger partial charge >= 0.3 is 0 Å². The third-order valence-electron chi connectivity index (χ3n) is 4.40. The molecule has 1 aromatic heterocycles. The van der Waals surface area contributed by atoms with Gasteiger partial charge in [0.15, 0.2) is 0 Å². The van der Waals surface area contributed by atoms with Crippen LogP contribution in [0.2, 0.25) is 0 Å². The molecule has 1 aliphatic heterocycles. The summed E-state index contributed by atoms with van der Waals surface area (Å²) in [6.07, 6.45) is 3.88. The summed E-state index contributed by atoms with van der Waals surface area (Å²) in [4.78, 5) is 6.62. The summed E-state index contributed by atoms with van der Waals surface area (Å²) < 4.78 is 15.7. The molecule has 0 aliphatic carbocycles. The number of nitrogens with one attached hydrogen (secondary N) is 1. The number of rotatable bonds is 6. The fraction of sp³-hybridized carbons (Fsp3) is 0.529. The number of likely N-dealkylation sites (tertiary alicyclic amines) is 1. The van der Waals surface area contributed by atoms with Crippen LogP contribution in [0, 0.1) is 5.82 Å². The molecule has 1 atom stereocenters. The SMILES string of the molecule is CCn1ncnc1CNC1CCCN(Cc2ccccc2F)C1. The smallest absolute Gasteiger partial charge is 0.140 e. The molecule has 124 valence electrons. The minimum atomic E-state index is -0.112. The molecule has 0 radical (unpaired) electrons. The highest BCUT2D eigenvalue weighted by Gasteiger charge is 2.20. The van der Waals surface area contributed by atoms with Gasteiger partial charge in [-0.1, -0.05) is 18.2 Å². The van der Waals surface area contributed by atoms with Gasteiger partial charge in [-0.3, -0.25) is 4.90 Å². The van der Waals surface area contributed by atoms with Crippen LogP contribution >= 0.6 is 0 Å². The van der Waals surface area contributed by atoms with Crippen molar-refractivity contribution in [2.75, 3.05) is 13.1 Å². The van der Waals surface area contributed by atoms with Gasteiger partial charge in [0.1, 0.15) is 18.0 Å². The number of hydrogen-bond acceptors (Lipinski definition) is 4. The van der Waals surface area contributed by atoms with Gasteiger partial charge in [0.05, 0.1) is 6.54 Å². The van der Waals surface area contributed by atoms with Crippen LogP contribution in [0.25, 0.3) is 0 Å². The molecule has 0 saturated carbocycles. The fourth-order valence-electron chi connectivity index (χ4n) is 3.16. The lowest BCUT2D eigenvalue weighted by molar-refractivity contribution is 0.180. The monoisotopic (exact) mass is 317 g/mol. The average Bonchev–Trinajstić information content (AvgIpc) is 3.03. The molecule has 3 rings (SSSR count). The number of aromatic nitrogens is 3. The second-order valence-electron chi connectivity index (χ2n) is 6.04. The lowest BCUT2D eigenvalue weighted by Gasteiger charge is -2.33. The highest BCUT2D eigenvalue weighted by atomic mass is 19.1. The molecule has 0 amide bonds. The number of piperidine rings is 1. The summed E-state index contributed by atoms with van der Waals surface area (Å²) in [5.74, 6) is 0.859. The fourth-order valence-corrected chi connectivity index (χ4v) is 3.16. The quantitative estimate of drug-likeness (QED) is 0.887. The first-order valence-corrected chi connectivity index (χ1v) is 8.32. The molecule has 6 heteroatoms. The zero-order chi connectivity index (χ0) is 16.1. The van der Waals surface area contributed by atoms with Gasteiger partial charge in [0.2, 0.25) is 0 Å². The van der Waals surface area contributed by atoms with E-state index in [0.29, 0.717) is 12.6 Å². The van der Waals surface area contributed by atoms with Gasteiger partial charge in [-0.25, -0.2) is 14.1 Å². The molecule has 1 aromatic carbocycles. The first-order chi connectivity index (χ1) is 11.3.